The highest BCUT2D eigenvalue weighted by Crippen LogP contribution is 2.35. The second-order valence-electron chi connectivity index (χ2n) is 7.18. The van der Waals surface area contributed by atoms with Crippen LogP contribution in [0.3, 0.4) is 0 Å². The van der Waals surface area contributed by atoms with Crippen molar-refractivity contribution in [2.24, 2.45) is 0 Å². The Balaban J connectivity index is 2.84. The van der Waals surface area contributed by atoms with Crippen LogP contribution in [-0.4, -0.2) is 104 Å². The summed E-state index contributed by atoms with van der Waals surface area (Å²) in [6.45, 7) is 1.44. The van der Waals surface area contributed by atoms with Gasteiger partial charge in [-0.1, -0.05) is 0 Å². The zero-order valence-corrected chi connectivity index (χ0v) is 17.3. The van der Waals surface area contributed by atoms with Gasteiger partial charge in [0.2, 0.25) is 11.8 Å². The van der Waals surface area contributed by atoms with E-state index >= 15 is 0 Å². The van der Waals surface area contributed by atoms with Gasteiger partial charge in [-0.25, -0.2) is 13.6 Å². The molecule has 2 amide bonds. The molecule has 0 saturated carbocycles. The summed E-state index contributed by atoms with van der Waals surface area (Å²) in [5, 5.41) is 51.3. The van der Waals surface area contributed by atoms with Crippen LogP contribution in [0, 0.1) is 0 Å². The number of carbonyl (C=O) groups excluding carboxylic acids is 2. The lowest BCUT2D eigenvalue weighted by Gasteiger charge is -2.43. The molecule has 8 N–H and O–H groups in total. The molecule has 1 heterocycles. The first-order chi connectivity index (χ1) is 14.3. The second kappa shape index (κ2) is 11.3. The molecule has 1 fully saturated rings. The topological polar surface area (TPSA) is 198 Å². The van der Waals surface area contributed by atoms with Crippen molar-refractivity contribution in [1.29, 1.82) is 0 Å². The monoisotopic (exact) mass is 477 g/mol. The number of hydrogen-bond donors (Lipinski definition) is 8. The number of halogens is 3. The largest absolute Gasteiger partial charge is 0.480 e. The summed E-state index contributed by atoms with van der Waals surface area (Å²) in [6, 6.07) is -4.37. The summed E-state index contributed by atoms with van der Waals surface area (Å²) < 4.78 is 34.3. The van der Waals surface area contributed by atoms with Gasteiger partial charge in [0.05, 0.1) is 6.61 Å². The first kappa shape index (κ1) is 27.4. The third-order valence-electron chi connectivity index (χ3n) is 4.71. The third kappa shape index (κ3) is 6.90. The molecule has 180 valence electrons. The fourth-order valence-electron chi connectivity index (χ4n) is 2.80. The van der Waals surface area contributed by atoms with Crippen molar-refractivity contribution >= 4 is 29.6 Å². The lowest BCUT2D eigenvalue weighted by molar-refractivity contribution is -0.282. The number of carboxylic acid groups (broad SMARTS) is 1. The van der Waals surface area contributed by atoms with Gasteiger partial charge < -0.3 is 40.9 Å². The molecule has 1 aliphatic heterocycles. The molecule has 0 spiro atoms. The predicted molar refractivity (Wildman–Crippen MR) is 99.0 cm³/mol. The van der Waals surface area contributed by atoms with E-state index in [1.165, 1.54) is 13.8 Å². The molecule has 1 aliphatic rings. The van der Waals surface area contributed by atoms with E-state index in [-0.39, 0.29) is 0 Å². The summed E-state index contributed by atoms with van der Waals surface area (Å²) in [4.78, 5) is 36.7. The highest BCUT2D eigenvalue weighted by molar-refractivity contribution is 6.15. The molecule has 15 heteroatoms. The highest BCUT2D eigenvalue weighted by Gasteiger charge is 2.55. The van der Waals surface area contributed by atoms with Gasteiger partial charge in [0.15, 0.2) is 0 Å². The molecule has 1 saturated heterocycles. The summed E-state index contributed by atoms with van der Waals surface area (Å²) >= 11 is 5.39. The van der Waals surface area contributed by atoms with Crippen molar-refractivity contribution < 1.29 is 53.4 Å². The van der Waals surface area contributed by atoms with E-state index in [1.54, 1.807) is 0 Å². The first-order valence-electron chi connectivity index (χ1n) is 9.14. The standard InChI is InChI=1S/C16H26ClF2N3O9/c1-5(13(27)21-6(2)15(29)30)20-14(28)7(22-17)3-16(18,19)12-11(26)10(25)9(24)8(4-23)31-12/h5-12,22-26H,3-4H2,1-2H3,(H,20,28)(H,21,27)(H,29,30)/t5-,6-,7-,8?,9-,10-,11+,12+/m0/s1. The maximum absolute atomic E-state index is 14.7. The van der Waals surface area contributed by atoms with E-state index < -0.39 is 85.4 Å². The fraction of sp³-hybridized carbons (Fsp3) is 0.812. The number of aliphatic hydroxyl groups excluding tert-OH is 4. The second-order valence-corrected chi connectivity index (χ2v) is 7.39. The Morgan fingerprint density at radius 3 is 2.06 bits per heavy atom. The molecule has 8 atom stereocenters. The Morgan fingerprint density at radius 1 is 1.03 bits per heavy atom. The molecule has 31 heavy (non-hydrogen) atoms. The number of amides is 2. The molecule has 12 nitrogen and oxygen atoms in total. The zero-order valence-electron chi connectivity index (χ0n) is 16.5. The van der Waals surface area contributed by atoms with Crippen molar-refractivity contribution in [1.82, 2.24) is 15.5 Å². The maximum Gasteiger partial charge on any atom is 0.325 e. The number of rotatable bonds is 10. The number of nitrogens with one attached hydrogen (secondary N) is 3. The molecule has 0 aromatic rings. The van der Waals surface area contributed by atoms with E-state index in [0.29, 0.717) is 0 Å². The SMILES string of the molecule is C[C@H](NC(=O)[C@H](C)NC(=O)[C@H](CC(F)(F)[C@@H]1OC(CO)[C@H](O)[C@H](O)[C@H]1O)NCl)C(=O)O. The van der Waals surface area contributed by atoms with Crippen LogP contribution in [0.15, 0.2) is 0 Å². The van der Waals surface area contributed by atoms with E-state index in [1.807, 2.05) is 4.84 Å². The molecule has 0 aromatic carbocycles. The molecule has 0 radical (unpaired) electrons. The van der Waals surface area contributed by atoms with Gasteiger partial charge in [-0.2, -0.15) is 0 Å². The Labute approximate surface area is 180 Å². The van der Waals surface area contributed by atoms with Gasteiger partial charge in [0.1, 0.15) is 48.6 Å². The number of aliphatic carboxylic acids is 1. The molecular weight excluding hydrogens is 452 g/mol. The van der Waals surface area contributed by atoms with Crippen LogP contribution in [0.5, 0.6) is 0 Å². The van der Waals surface area contributed by atoms with Gasteiger partial charge in [0.25, 0.3) is 5.92 Å². The van der Waals surface area contributed by atoms with Gasteiger partial charge in [-0.05, 0) is 25.6 Å². The van der Waals surface area contributed by atoms with Gasteiger partial charge in [-0.3, -0.25) is 14.4 Å². The number of alkyl halides is 2. The highest BCUT2D eigenvalue weighted by atomic mass is 35.5. The van der Waals surface area contributed by atoms with Gasteiger partial charge in [0, 0.05) is 6.42 Å². The Hall–Kier alpha value is -1.68. The average molecular weight is 478 g/mol. The summed E-state index contributed by atoms with van der Waals surface area (Å²) in [5.74, 6) is -7.35. The lowest BCUT2D eigenvalue weighted by Crippen LogP contribution is -2.64. The summed E-state index contributed by atoms with van der Waals surface area (Å²) in [7, 11) is 0. The number of hydrogen-bond acceptors (Lipinski definition) is 9. The minimum atomic E-state index is -3.98. The Kier molecular flexibility index (Phi) is 9.94. The third-order valence-corrected chi connectivity index (χ3v) is 4.98. The molecule has 0 aliphatic carbocycles. The van der Waals surface area contributed by atoms with Crippen molar-refractivity contribution in [2.75, 3.05) is 6.61 Å². The minimum Gasteiger partial charge on any atom is -0.480 e. The molecular formula is C16H26ClF2N3O9. The predicted octanol–water partition coefficient (Wildman–Crippen LogP) is -2.94. The number of ether oxygens (including phenoxy) is 1. The van der Waals surface area contributed by atoms with Crippen molar-refractivity contribution in [2.45, 2.75) is 74.8 Å². The quantitative estimate of drug-likeness (QED) is 0.151. The Morgan fingerprint density at radius 2 is 1.58 bits per heavy atom. The van der Waals surface area contributed by atoms with E-state index in [0.717, 1.165) is 0 Å². The molecule has 0 aromatic heterocycles. The molecule has 1 rings (SSSR count). The minimum absolute atomic E-state index is 0.891. The fourth-order valence-corrected chi connectivity index (χ4v) is 2.98. The Bertz CT molecular complexity index is 658. The van der Waals surface area contributed by atoms with Crippen LogP contribution < -0.4 is 15.5 Å². The van der Waals surface area contributed by atoms with Crippen LogP contribution >= 0.6 is 11.8 Å². The molecule has 1 unspecified atom stereocenters. The normalized spacial score (nSPS) is 29.5. The summed E-state index contributed by atoms with van der Waals surface area (Å²) in [6.07, 6.45) is -11.5. The van der Waals surface area contributed by atoms with E-state index in [4.69, 9.17) is 26.7 Å². The van der Waals surface area contributed by atoms with Crippen LogP contribution in [0.2, 0.25) is 0 Å². The van der Waals surface area contributed by atoms with Crippen LogP contribution in [-0.2, 0) is 19.1 Å². The van der Waals surface area contributed by atoms with Gasteiger partial charge in [-0.15, -0.1) is 0 Å². The van der Waals surface area contributed by atoms with Crippen LogP contribution in [0.25, 0.3) is 0 Å². The summed E-state index contributed by atoms with van der Waals surface area (Å²) in [5.41, 5.74) is 0. The van der Waals surface area contributed by atoms with Crippen molar-refractivity contribution in [3.05, 3.63) is 0 Å². The van der Waals surface area contributed by atoms with Crippen molar-refractivity contribution in [3.8, 4) is 0 Å². The maximum atomic E-state index is 14.7. The van der Waals surface area contributed by atoms with Crippen LogP contribution in [0.1, 0.15) is 20.3 Å². The van der Waals surface area contributed by atoms with E-state index in [2.05, 4.69) is 10.6 Å². The molecule has 0 bridgehead atoms. The number of carbonyl (C=O) groups is 3. The number of carboxylic acids is 1. The van der Waals surface area contributed by atoms with Crippen LogP contribution in [0.4, 0.5) is 8.78 Å². The van der Waals surface area contributed by atoms with Crippen molar-refractivity contribution in [3.63, 3.8) is 0 Å². The first-order valence-corrected chi connectivity index (χ1v) is 9.52. The average Bonchev–Trinajstić information content (AvgIpc) is 2.69. The number of aliphatic hydroxyl groups is 4. The zero-order chi connectivity index (χ0) is 24.1. The van der Waals surface area contributed by atoms with Gasteiger partial charge >= 0.3 is 5.97 Å². The smallest absolute Gasteiger partial charge is 0.325 e. The lowest BCUT2D eigenvalue weighted by atomic mass is 9.89. The van der Waals surface area contributed by atoms with E-state index in [9.17, 15) is 38.5 Å².